The molecule has 1 aromatic carbocycles. The molecule has 1 aliphatic rings. The van der Waals surface area contributed by atoms with Crippen molar-refractivity contribution in [1.29, 1.82) is 0 Å². The normalized spacial score (nSPS) is 13.7. The summed E-state index contributed by atoms with van der Waals surface area (Å²) in [5.74, 6) is -2.06. The summed E-state index contributed by atoms with van der Waals surface area (Å²) < 4.78 is 14.4. The molecular weight excluding hydrogens is 455 g/mol. The van der Waals surface area contributed by atoms with Gasteiger partial charge in [0, 0.05) is 25.8 Å². The minimum Gasteiger partial charge on any atom is -0.505 e. The number of nitrogens with one attached hydrogen (secondary N) is 1. The van der Waals surface area contributed by atoms with Crippen LogP contribution in [0.1, 0.15) is 40.7 Å². The van der Waals surface area contributed by atoms with Crippen molar-refractivity contribution in [3.63, 3.8) is 0 Å². The Hall–Kier alpha value is -3.79. The standard InChI is InChI=1S/C25H27FN4O5/c26-18-6-4-16(5-7-18)12-17-13-19-22(28-14-17)23(33)21(24(34)27-8-11-31)25(35)30(19)15-20(32)29-9-2-1-3-10-29/h4-7,13-14,31,33H,1-3,8-12,15H2,(H,27,34). The van der Waals surface area contributed by atoms with Crippen LogP contribution in [0.3, 0.4) is 0 Å². The van der Waals surface area contributed by atoms with E-state index in [1.165, 1.54) is 22.9 Å². The molecule has 0 aliphatic carbocycles. The van der Waals surface area contributed by atoms with E-state index in [1.807, 2.05) is 0 Å². The molecule has 1 aliphatic heterocycles. The summed E-state index contributed by atoms with van der Waals surface area (Å²) >= 11 is 0. The van der Waals surface area contributed by atoms with Gasteiger partial charge in [0.05, 0.1) is 12.1 Å². The Bertz CT molecular complexity index is 1300. The molecule has 9 nitrogen and oxygen atoms in total. The molecule has 0 atom stereocenters. The molecule has 2 aromatic heterocycles. The van der Waals surface area contributed by atoms with Gasteiger partial charge in [-0.25, -0.2) is 4.39 Å². The second-order valence-corrected chi connectivity index (χ2v) is 8.55. The Morgan fingerprint density at radius 3 is 2.49 bits per heavy atom. The van der Waals surface area contributed by atoms with Crippen LogP contribution in [0.25, 0.3) is 11.0 Å². The molecule has 0 spiro atoms. The lowest BCUT2D eigenvalue weighted by molar-refractivity contribution is -0.132. The Morgan fingerprint density at radius 2 is 1.80 bits per heavy atom. The van der Waals surface area contributed by atoms with Crippen LogP contribution in [0, 0.1) is 5.82 Å². The molecule has 2 amide bonds. The highest BCUT2D eigenvalue weighted by Gasteiger charge is 2.26. The summed E-state index contributed by atoms with van der Waals surface area (Å²) in [7, 11) is 0. The number of aliphatic hydroxyl groups excluding tert-OH is 1. The van der Waals surface area contributed by atoms with Gasteiger partial charge in [-0.1, -0.05) is 12.1 Å². The average molecular weight is 483 g/mol. The van der Waals surface area contributed by atoms with Gasteiger partial charge < -0.3 is 20.4 Å². The van der Waals surface area contributed by atoms with Gasteiger partial charge in [-0.05, 0) is 55.0 Å². The summed E-state index contributed by atoms with van der Waals surface area (Å²) in [5, 5.41) is 22.2. The van der Waals surface area contributed by atoms with Crippen LogP contribution in [-0.4, -0.2) is 62.7 Å². The van der Waals surface area contributed by atoms with Crippen LogP contribution in [0.4, 0.5) is 4.39 Å². The smallest absolute Gasteiger partial charge is 0.268 e. The molecule has 3 aromatic rings. The first-order valence-electron chi connectivity index (χ1n) is 11.5. The lowest BCUT2D eigenvalue weighted by Gasteiger charge is -2.27. The molecule has 10 heteroatoms. The van der Waals surface area contributed by atoms with Crippen molar-refractivity contribution in [2.75, 3.05) is 26.2 Å². The minimum atomic E-state index is -0.861. The second-order valence-electron chi connectivity index (χ2n) is 8.55. The summed E-state index contributed by atoms with van der Waals surface area (Å²) in [5.41, 5.74) is 0.367. The van der Waals surface area contributed by atoms with E-state index in [0.717, 1.165) is 24.8 Å². The number of hydrogen-bond donors (Lipinski definition) is 3. The number of carbonyl (C=O) groups excluding carboxylic acids is 2. The van der Waals surface area contributed by atoms with E-state index in [4.69, 9.17) is 5.11 Å². The molecule has 35 heavy (non-hydrogen) atoms. The number of hydrogen-bond acceptors (Lipinski definition) is 6. The van der Waals surface area contributed by atoms with Gasteiger partial charge >= 0.3 is 0 Å². The van der Waals surface area contributed by atoms with Crippen molar-refractivity contribution in [1.82, 2.24) is 19.8 Å². The van der Waals surface area contributed by atoms with Crippen LogP contribution < -0.4 is 10.9 Å². The zero-order valence-corrected chi connectivity index (χ0v) is 19.2. The number of likely N-dealkylation sites (tertiary alicyclic amines) is 1. The summed E-state index contributed by atoms with van der Waals surface area (Å²) in [4.78, 5) is 45.0. The highest BCUT2D eigenvalue weighted by molar-refractivity contribution is 6.01. The monoisotopic (exact) mass is 482 g/mol. The molecule has 0 bridgehead atoms. The quantitative estimate of drug-likeness (QED) is 0.470. The maximum Gasteiger partial charge on any atom is 0.268 e. The van der Waals surface area contributed by atoms with Gasteiger partial charge in [0.2, 0.25) is 5.91 Å². The number of halogens is 1. The third kappa shape index (κ3) is 5.32. The molecule has 1 fully saturated rings. The lowest BCUT2D eigenvalue weighted by Crippen LogP contribution is -2.41. The number of carbonyl (C=O) groups is 2. The zero-order chi connectivity index (χ0) is 24.9. The Balaban J connectivity index is 1.80. The number of aromatic nitrogens is 2. The fourth-order valence-corrected chi connectivity index (χ4v) is 4.28. The fourth-order valence-electron chi connectivity index (χ4n) is 4.28. The SMILES string of the molecule is O=C(NCCO)c1c(O)c2ncc(Cc3ccc(F)cc3)cc2n(CC(=O)N2CCCCC2)c1=O. The maximum absolute atomic E-state index is 13.4. The van der Waals surface area contributed by atoms with Crippen molar-refractivity contribution in [3.8, 4) is 5.75 Å². The number of piperidine rings is 1. The predicted molar refractivity (Wildman–Crippen MR) is 127 cm³/mol. The number of nitrogens with zero attached hydrogens (tertiary/aromatic N) is 3. The van der Waals surface area contributed by atoms with E-state index >= 15 is 0 Å². The highest BCUT2D eigenvalue weighted by atomic mass is 19.1. The molecule has 3 N–H and O–H groups in total. The highest BCUT2D eigenvalue weighted by Crippen LogP contribution is 2.26. The fraction of sp³-hybridized carbons (Fsp3) is 0.360. The van der Waals surface area contributed by atoms with Crippen molar-refractivity contribution >= 4 is 22.8 Å². The van der Waals surface area contributed by atoms with E-state index in [1.54, 1.807) is 23.1 Å². The lowest BCUT2D eigenvalue weighted by atomic mass is 10.1. The molecule has 3 heterocycles. The van der Waals surface area contributed by atoms with Crippen molar-refractivity contribution < 1.29 is 24.2 Å². The van der Waals surface area contributed by atoms with Gasteiger partial charge in [0.25, 0.3) is 11.5 Å². The largest absolute Gasteiger partial charge is 0.505 e. The summed E-state index contributed by atoms with van der Waals surface area (Å²) in [6.07, 6.45) is 4.70. The molecule has 184 valence electrons. The summed E-state index contributed by atoms with van der Waals surface area (Å²) in [6.45, 7) is 0.444. The Morgan fingerprint density at radius 1 is 1.09 bits per heavy atom. The Labute approximate surface area is 200 Å². The Kier molecular flexibility index (Phi) is 7.40. The molecule has 1 saturated heterocycles. The van der Waals surface area contributed by atoms with Gasteiger partial charge in [-0.3, -0.25) is 23.9 Å². The second kappa shape index (κ2) is 10.6. The van der Waals surface area contributed by atoms with Crippen LogP contribution >= 0.6 is 0 Å². The van der Waals surface area contributed by atoms with Gasteiger partial charge in [-0.2, -0.15) is 0 Å². The van der Waals surface area contributed by atoms with Crippen molar-refractivity contribution in [2.45, 2.75) is 32.2 Å². The van der Waals surface area contributed by atoms with Crippen LogP contribution in [0.2, 0.25) is 0 Å². The summed E-state index contributed by atoms with van der Waals surface area (Å²) in [6, 6.07) is 7.61. The number of rotatable bonds is 7. The average Bonchev–Trinajstić information content (AvgIpc) is 2.87. The zero-order valence-electron chi connectivity index (χ0n) is 19.2. The first kappa shape index (κ1) is 24.3. The van der Waals surface area contributed by atoms with E-state index < -0.39 is 22.8 Å². The topological polar surface area (TPSA) is 125 Å². The van der Waals surface area contributed by atoms with E-state index in [9.17, 15) is 23.9 Å². The van der Waals surface area contributed by atoms with Crippen molar-refractivity contribution in [2.24, 2.45) is 0 Å². The van der Waals surface area contributed by atoms with Crippen molar-refractivity contribution in [3.05, 3.63) is 69.4 Å². The number of benzene rings is 1. The van der Waals surface area contributed by atoms with Crippen LogP contribution in [0.5, 0.6) is 5.75 Å². The third-order valence-corrected chi connectivity index (χ3v) is 6.08. The third-order valence-electron chi connectivity index (χ3n) is 6.08. The number of pyridine rings is 2. The predicted octanol–water partition coefficient (Wildman–Crippen LogP) is 1.57. The van der Waals surface area contributed by atoms with Gasteiger partial charge in [-0.15, -0.1) is 0 Å². The first-order valence-corrected chi connectivity index (χ1v) is 11.5. The van der Waals surface area contributed by atoms with E-state index in [0.29, 0.717) is 25.1 Å². The molecule has 0 radical (unpaired) electrons. The number of amides is 2. The van der Waals surface area contributed by atoms with Crippen LogP contribution in [-0.2, 0) is 17.8 Å². The first-order chi connectivity index (χ1) is 16.9. The molecular formula is C25H27FN4O5. The molecule has 0 unspecified atom stereocenters. The van der Waals surface area contributed by atoms with E-state index in [-0.39, 0.29) is 42.5 Å². The number of fused-ring (bicyclic) bond motifs is 1. The van der Waals surface area contributed by atoms with E-state index in [2.05, 4.69) is 10.3 Å². The minimum absolute atomic E-state index is 0.00745. The number of aliphatic hydroxyl groups is 1. The number of aromatic hydroxyl groups is 1. The van der Waals surface area contributed by atoms with Gasteiger partial charge in [0.15, 0.2) is 5.75 Å². The van der Waals surface area contributed by atoms with Crippen LogP contribution in [0.15, 0.2) is 41.3 Å². The van der Waals surface area contributed by atoms with Gasteiger partial charge in [0.1, 0.15) is 23.4 Å². The molecule has 0 saturated carbocycles. The molecule has 4 rings (SSSR count). The maximum atomic E-state index is 13.4.